The van der Waals surface area contributed by atoms with Gasteiger partial charge in [0.2, 0.25) is 0 Å². The predicted molar refractivity (Wildman–Crippen MR) is 84.3 cm³/mol. The summed E-state index contributed by atoms with van der Waals surface area (Å²) < 4.78 is 5.23. The van der Waals surface area contributed by atoms with E-state index in [1.165, 1.54) is 5.56 Å². The van der Waals surface area contributed by atoms with Crippen molar-refractivity contribution in [1.82, 2.24) is 4.98 Å². The molecule has 0 radical (unpaired) electrons. The molecule has 0 aliphatic heterocycles. The maximum atomic E-state index is 12.0. The number of carbonyl (C=O) groups is 1. The lowest BCUT2D eigenvalue weighted by molar-refractivity contribution is 0.0493. The van der Waals surface area contributed by atoms with Crippen molar-refractivity contribution in [3.05, 3.63) is 53.3 Å². The van der Waals surface area contributed by atoms with Gasteiger partial charge in [-0.15, -0.1) is 0 Å². The van der Waals surface area contributed by atoms with E-state index in [1.54, 1.807) is 6.20 Å². The highest BCUT2D eigenvalue weighted by atomic mass is 16.5. The van der Waals surface area contributed by atoms with Crippen molar-refractivity contribution in [3.8, 4) is 11.1 Å². The minimum Gasteiger partial charge on any atom is -0.461 e. The van der Waals surface area contributed by atoms with Crippen molar-refractivity contribution >= 4 is 5.97 Å². The predicted octanol–water partition coefficient (Wildman–Crippen LogP) is 4.32. The zero-order valence-electron chi connectivity index (χ0n) is 12.8. The normalized spacial score (nSPS) is 10.4. The molecule has 0 N–H and O–H groups in total. The number of rotatable bonds is 5. The molecular formula is C18H21NO2. The van der Waals surface area contributed by atoms with Crippen LogP contribution in [0, 0.1) is 13.8 Å². The molecule has 0 spiro atoms. The third-order valence-corrected chi connectivity index (χ3v) is 3.48. The lowest BCUT2D eigenvalue weighted by atomic mass is 9.97. The molecule has 0 unspecified atom stereocenters. The first-order valence-corrected chi connectivity index (χ1v) is 7.33. The number of benzene rings is 1. The van der Waals surface area contributed by atoms with Crippen molar-refractivity contribution in [3.63, 3.8) is 0 Å². The smallest absolute Gasteiger partial charge is 0.356 e. The monoisotopic (exact) mass is 283 g/mol. The lowest BCUT2D eigenvalue weighted by Crippen LogP contribution is -2.09. The Morgan fingerprint density at radius 2 is 1.90 bits per heavy atom. The molecule has 0 aliphatic carbocycles. The van der Waals surface area contributed by atoms with Crippen molar-refractivity contribution in [1.29, 1.82) is 0 Å². The van der Waals surface area contributed by atoms with E-state index >= 15 is 0 Å². The molecule has 0 saturated heterocycles. The zero-order valence-corrected chi connectivity index (χ0v) is 12.8. The van der Waals surface area contributed by atoms with E-state index < -0.39 is 0 Å². The fourth-order valence-corrected chi connectivity index (χ4v) is 2.18. The Morgan fingerprint density at radius 1 is 1.14 bits per heavy atom. The van der Waals surface area contributed by atoms with Crippen LogP contribution in [0.5, 0.6) is 0 Å². The SMILES string of the molecule is CCCCOC(=O)c1cc(-c2ccccc2C)c(C)cn1. The van der Waals surface area contributed by atoms with Gasteiger partial charge in [0.25, 0.3) is 0 Å². The number of carbonyl (C=O) groups excluding carboxylic acids is 1. The van der Waals surface area contributed by atoms with E-state index in [2.05, 4.69) is 31.0 Å². The highest BCUT2D eigenvalue weighted by Gasteiger charge is 2.13. The van der Waals surface area contributed by atoms with Crippen LogP contribution in [0.4, 0.5) is 0 Å². The van der Waals surface area contributed by atoms with E-state index in [9.17, 15) is 4.79 Å². The Bertz CT molecular complexity index is 635. The molecule has 0 bridgehead atoms. The van der Waals surface area contributed by atoms with Crippen LogP contribution >= 0.6 is 0 Å². The van der Waals surface area contributed by atoms with Crippen LogP contribution in [0.15, 0.2) is 36.5 Å². The molecule has 0 saturated carbocycles. The van der Waals surface area contributed by atoms with Crippen molar-refractivity contribution in [2.45, 2.75) is 33.6 Å². The number of pyridine rings is 1. The molecule has 0 fully saturated rings. The Hall–Kier alpha value is -2.16. The average Bonchev–Trinajstić information content (AvgIpc) is 2.49. The van der Waals surface area contributed by atoms with Gasteiger partial charge >= 0.3 is 5.97 Å². The first-order chi connectivity index (χ1) is 10.1. The summed E-state index contributed by atoms with van der Waals surface area (Å²) in [5, 5.41) is 0. The fourth-order valence-electron chi connectivity index (χ4n) is 2.18. The molecule has 1 heterocycles. The van der Waals surface area contributed by atoms with Gasteiger partial charge in [0, 0.05) is 6.20 Å². The summed E-state index contributed by atoms with van der Waals surface area (Å²) in [6, 6.07) is 9.96. The van der Waals surface area contributed by atoms with E-state index in [4.69, 9.17) is 4.74 Å². The van der Waals surface area contributed by atoms with Crippen molar-refractivity contribution in [2.75, 3.05) is 6.61 Å². The number of nitrogens with zero attached hydrogens (tertiary/aromatic N) is 1. The molecule has 110 valence electrons. The van der Waals surface area contributed by atoms with Gasteiger partial charge in [-0.05, 0) is 48.6 Å². The van der Waals surface area contributed by atoms with E-state index in [0.717, 1.165) is 29.5 Å². The molecule has 21 heavy (non-hydrogen) atoms. The molecule has 0 atom stereocenters. The van der Waals surface area contributed by atoms with Crippen LogP contribution in [-0.4, -0.2) is 17.6 Å². The Kier molecular flexibility index (Phi) is 5.09. The minimum atomic E-state index is -0.349. The van der Waals surface area contributed by atoms with Gasteiger partial charge in [-0.3, -0.25) is 0 Å². The third kappa shape index (κ3) is 3.69. The Labute approximate surface area is 126 Å². The molecular weight excluding hydrogens is 262 g/mol. The summed E-state index contributed by atoms with van der Waals surface area (Å²) in [7, 11) is 0. The van der Waals surface area contributed by atoms with Crippen LogP contribution in [0.25, 0.3) is 11.1 Å². The van der Waals surface area contributed by atoms with Gasteiger partial charge in [-0.1, -0.05) is 37.6 Å². The third-order valence-electron chi connectivity index (χ3n) is 3.48. The summed E-state index contributed by atoms with van der Waals surface area (Å²) in [6.07, 6.45) is 3.61. The van der Waals surface area contributed by atoms with Gasteiger partial charge in [-0.2, -0.15) is 0 Å². The summed E-state index contributed by atoms with van der Waals surface area (Å²) >= 11 is 0. The van der Waals surface area contributed by atoms with Gasteiger partial charge < -0.3 is 4.74 Å². The maximum absolute atomic E-state index is 12.0. The second-order valence-electron chi connectivity index (χ2n) is 5.19. The number of aromatic nitrogens is 1. The maximum Gasteiger partial charge on any atom is 0.356 e. The van der Waals surface area contributed by atoms with Crippen LogP contribution in [0.1, 0.15) is 41.4 Å². The summed E-state index contributed by atoms with van der Waals surface area (Å²) in [5.41, 5.74) is 4.76. The molecule has 0 aliphatic rings. The molecule has 3 heteroatoms. The number of unbranched alkanes of at least 4 members (excludes halogenated alkanes) is 1. The summed E-state index contributed by atoms with van der Waals surface area (Å²) in [5.74, 6) is -0.349. The van der Waals surface area contributed by atoms with Crippen molar-refractivity contribution < 1.29 is 9.53 Å². The number of aryl methyl sites for hydroxylation is 2. The van der Waals surface area contributed by atoms with Crippen LogP contribution in [0.2, 0.25) is 0 Å². The van der Waals surface area contributed by atoms with Gasteiger partial charge in [0.05, 0.1) is 6.61 Å². The van der Waals surface area contributed by atoms with E-state index in [1.807, 2.05) is 25.1 Å². The number of esters is 1. The Morgan fingerprint density at radius 3 is 2.62 bits per heavy atom. The highest BCUT2D eigenvalue weighted by molar-refractivity contribution is 5.89. The Balaban J connectivity index is 2.30. The number of hydrogen-bond donors (Lipinski definition) is 0. The van der Waals surface area contributed by atoms with Crippen LogP contribution < -0.4 is 0 Å². The standard InChI is InChI=1S/C18H21NO2/c1-4-5-10-21-18(20)17-11-16(14(3)12-19-17)15-9-7-6-8-13(15)2/h6-9,11-12H,4-5,10H2,1-3H3. The lowest BCUT2D eigenvalue weighted by Gasteiger charge is -2.11. The van der Waals surface area contributed by atoms with E-state index in [0.29, 0.717) is 12.3 Å². The fraction of sp³-hybridized carbons (Fsp3) is 0.333. The average molecular weight is 283 g/mol. The topological polar surface area (TPSA) is 39.2 Å². The molecule has 1 aromatic heterocycles. The molecule has 2 aromatic rings. The number of ether oxygens (including phenoxy) is 1. The summed E-state index contributed by atoms with van der Waals surface area (Å²) in [6.45, 7) is 6.58. The molecule has 3 nitrogen and oxygen atoms in total. The zero-order chi connectivity index (χ0) is 15.2. The largest absolute Gasteiger partial charge is 0.461 e. The first kappa shape index (κ1) is 15.2. The molecule has 2 rings (SSSR count). The summed E-state index contributed by atoms with van der Waals surface area (Å²) in [4.78, 5) is 16.2. The quantitative estimate of drug-likeness (QED) is 0.606. The first-order valence-electron chi connectivity index (χ1n) is 7.33. The number of hydrogen-bond acceptors (Lipinski definition) is 3. The van der Waals surface area contributed by atoms with Gasteiger partial charge in [0.15, 0.2) is 0 Å². The molecule has 1 aromatic carbocycles. The van der Waals surface area contributed by atoms with Gasteiger partial charge in [0.1, 0.15) is 5.69 Å². The second kappa shape index (κ2) is 7.02. The minimum absolute atomic E-state index is 0.349. The van der Waals surface area contributed by atoms with Crippen LogP contribution in [0.3, 0.4) is 0 Å². The van der Waals surface area contributed by atoms with E-state index in [-0.39, 0.29) is 5.97 Å². The van der Waals surface area contributed by atoms with Crippen molar-refractivity contribution in [2.24, 2.45) is 0 Å². The highest BCUT2D eigenvalue weighted by Crippen LogP contribution is 2.26. The molecule has 0 amide bonds. The van der Waals surface area contributed by atoms with Crippen LogP contribution in [-0.2, 0) is 4.74 Å². The van der Waals surface area contributed by atoms with Gasteiger partial charge in [-0.25, -0.2) is 9.78 Å². The second-order valence-corrected chi connectivity index (χ2v) is 5.19.